The molecule has 0 amide bonds. The van der Waals surface area contributed by atoms with E-state index in [2.05, 4.69) is 24.2 Å². The second-order valence-electron chi connectivity index (χ2n) is 4.40. The minimum atomic E-state index is 0.694. The molecule has 2 unspecified atom stereocenters. The van der Waals surface area contributed by atoms with Crippen LogP contribution < -0.4 is 5.32 Å². The molecule has 0 aromatic rings. The van der Waals surface area contributed by atoms with Crippen LogP contribution in [0, 0.1) is 5.92 Å². The summed E-state index contributed by atoms with van der Waals surface area (Å²) in [6.45, 7) is 6.73. The SMILES string of the molecule is COCCCN(C)CC1CCNC1C. The molecule has 0 spiro atoms. The lowest BCUT2D eigenvalue weighted by molar-refractivity contribution is 0.173. The fraction of sp³-hybridized carbons (Fsp3) is 1.00. The molecule has 0 saturated carbocycles. The van der Waals surface area contributed by atoms with Gasteiger partial charge in [-0.1, -0.05) is 0 Å². The molecule has 14 heavy (non-hydrogen) atoms. The van der Waals surface area contributed by atoms with Crippen LogP contribution in [0.25, 0.3) is 0 Å². The molecule has 1 heterocycles. The van der Waals surface area contributed by atoms with Gasteiger partial charge in [0.2, 0.25) is 0 Å². The molecule has 84 valence electrons. The van der Waals surface area contributed by atoms with Crippen LogP contribution in [0.5, 0.6) is 0 Å². The van der Waals surface area contributed by atoms with E-state index in [0.717, 1.165) is 25.5 Å². The molecule has 2 atom stereocenters. The lowest BCUT2D eigenvalue weighted by Crippen LogP contribution is -2.33. The third kappa shape index (κ3) is 3.95. The highest BCUT2D eigenvalue weighted by Gasteiger charge is 2.23. The number of nitrogens with one attached hydrogen (secondary N) is 1. The van der Waals surface area contributed by atoms with E-state index in [4.69, 9.17) is 4.74 Å². The van der Waals surface area contributed by atoms with E-state index < -0.39 is 0 Å². The van der Waals surface area contributed by atoms with Crippen LogP contribution >= 0.6 is 0 Å². The largest absolute Gasteiger partial charge is 0.385 e. The molecule has 0 radical (unpaired) electrons. The summed E-state index contributed by atoms with van der Waals surface area (Å²) >= 11 is 0. The molecule has 3 heteroatoms. The van der Waals surface area contributed by atoms with E-state index in [1.807, 2.05) is 0 Å². The van der Waals surface area contributed by atoms with Crippen molar-refractivity contribution >= 4 is 0 Å². The first-order chi connectivity index (χ1) is 6.74. The van der Waals surface area contributed by atoms with Crippen molar-refractivity contribution in [1.29, 1.82) is 0 Å². The van der Waals surface area contributed by atoms with Gasteiger partial charge in [-0.3, -0.25) is 0 Å². The van der Waals surface area contributed by atoms with Crippen molar-refractivity contribution in [3.63, 3.8) is 0 Å². The Morgan fingerprint density at radius 1 is 1.50 bits per heavy atom. The zero-order valence-electron chi connectivity index (χ0n) is 9.75. The van der Waals surface area contributed by atoms with E-state index in [9.17, 15) is 0 Å². The van der Waals surface area contributed by atoms with Crippen LogP contribution in [0.3, 0.4) is 0 Å². The first-order valence-corrected chi connectivity index (χ1v) is 5.65. The maximum absolute atomic E-state index is 5.04. The van der Waals surface area contributed by atoms with Crippen molar-refractivity contribution in [3.05, 3.63) is 0 Å². The summed E-state index contributed by atoms with van der Waals surface area (Å²) < 4.78 is 5.04. The van der Waals surface area contributed by atoms with Gasteiger partial charge in [0.1, 0.15) is 0 Å². The van der Waals surface area contributed by atoms with Crippen LogP contribution in [0.2, 0.25) is 0 Å². The highest BCUT2D eigenvalue weighted by Crippen LogP contribution is 2.15. The molecule has 1 aliphatic heterocycles. The van der Waals surface area contributed by atoms with Gasteiger partial charge in [-0.15, -0.1) is 0 Å². The minimum absolute atomic E-state index is 0.694. The standard InChI is InChI=1S/C11H24N2O/c1-10-11(5-6-12-10)9-13(2)7-4-8-14-3/h10-12H,4-9H2,1-3H3. The molecule has 0 bridgehead atoms. The molecule has 3 nitrogen and oxygen atoms in total. The van der Waals surface area contributed by atoms with Gasteiger partial charge in [0.05, 0.1) is 0 Å². The lowest BCUT2D eigenvalue weighted by Gasteiger charge is -2.23. The van der Waals surface area contributed by atoms with Gasteiger partial charge in [0.15, 0.2) is 0 Å². The molecular formula is C11H24N2O. The minimum Gasteiger partial charge on any atom is -0.385 e. The van der Waals surface area contributed by atoms with Crippen LogP contribution in [-0.4, -0.2) is 51.3 Å². The van der Waals surface area contributed by atoms with Gasteiger partial charge in [0, 0.05) is 32.8 Å². The number of rotatable bonds is 6. The van der Waals surface area contributed by atoms with Crippen molar-refractivity contribution in [2.75, 3.05) is 40.4 Å². The first kappa shape index (κ1) is 12.0. The van der Waals surface area contributed by atoms with E-state index in [1.54, 1.807) is 7.11 Å². The monoisotopic (exact) mass is 200 g/mol. The van der Waals surface area contributed by atoms with Gasteiger partial charge in [0.25, 0.3) is 0 Å². The number of methoxy groups -OCH3 is 1. The summed E-state index contributed by atoms with van der Waals surface area (Å²) in [5.41, 5.74) is 0. The maximum atomic E-state index is 5.04. The van der Waals surface area contributed by atoms with Crippen molar-refractivity contribution in [2.45, 2.75) is 25.8 Å². The zero-order chi connectivity index (χ0) is 10.4. The van der Waals surface area contributed by atoms with E-state index >= 15 is 0 Å². The molecule has 0 aliphatic carbocycles. The number of ether oxygens (including phenoxy) is 1. The Bertz CT molecular complexity index is 152. The Labute approximate surface area is 87.8 Å². The van der Waals surface area contributed by atoms with Crippen molar-refractivity contribution < 1.29 is 4.74 Å². The van der Waals surface area contributed by atoms with Crippen LogP contribution in [0.4, 0.5) is 0 Å². The molecular weight excluding hydrogens is 176 g/mol. The van der Waals surface area contributed by atoms with Gasteiger partial charge in [-0.05, 0) is 39.3 Å². The molecule has 0 aromatic carbocycles. The van der Waals surface area contributed by atoms with Gasteiger partial charge in [-0.2, -0.15) is 0 Å². The predicted molar refractivity (Wildman–Crippen MR) is 59.6 cm³/mol. The Balaban J connectivity index is 2.09. The molecule has 1 rings (SSSR count). The van der Waals surface area contributed by atoms with E-state index in [0.29, 0.717) is 6.04 Å². The van der Waals surface area contributed by atoms with Crippen LogP contribution in [0.1, 0.15) is 19.8 Å². The summed E-state index contributed by atoms with van der Waals surface area (Å²) in [7, 11) is 3.98. The zero-order valence-corrected chi connectivity index (χ0v) is 9.75. The molecule has 1 aliphatic rings. The topological polar surface area (TPSA) is 24.5 Å². The average molecular weight is 200 g/mol. The quantitative estimate of drug-likeness (QED) is 0.646. The summed E-state index contributed by atoms with van der Waals surface area (Å²) in [5.74, 6) is 0.836. The van der Waals surface area contributed by atoms with E-state index in [-0.39, 0.29) is 0 Å². The average Bonchev–Trinajstić information content (AvgIpc) is 2.52. The number of nitrogens with zero attached hydrogens (tertiary/aromatic N) is 1. The summed E-state index contributed by atoms with van der Waals surface area (Å²) in [6.07, 6.45) is 2.47. The molecule has 1 saturated heterocycles. The van der Waals surface area contributed by atoms with Gasteiger partial charge >= 0.3 is 0 Å². The third-order valence-electron chi connectivity index (χ3n) is 3.12. The van der Waals surface area contributed by atoms with Crippen molar-refractivity contribution in [3.8, 4) is 0 Å². The summed E-state index contributed by atoms with van der Waals surface area (Å²) in [5, 5.41) is 3.49. The third-order valence-corrected chi connectivity index (χ3v) is 3.12. The fourth-order valence-electron chi connectivity index (χ4n) is 2.13. The fourth-order valence-corrected chi connectivity index (χ4v) is 2.13. The van der Waals surface area contributed by atoms with Crippen LogP contribution in [0.15, 0.2) is 0 Å². The lowest BCUT2D eigenvalue weighted by atomic mass is 10.0. The summed E-state index contributed by atoms with van der Waals surface area (Å²) in [4.78, 5) is 2.42. The second-order valence-corrected chi connectivity index (χ2v) is 4.40. The maximum Gasteiger partial charge on any atom is 0.0474 e. The van der Waals surface area contributed by atoms with E-state index in [1.165, 1.54) is 19.5 Å². The Hall–Kier alpha value is -0.120. The smallest absolute Gasteiger partial charge is 0.0474 e. The summed E-state index contributed by atoms with van der Waals surface area (Å²) in [6, 6.07) is 0.694. The van der Waals surface area contributed by atoms with Crippen LogP contribution in [-0.2, 0) is 4.74 Å². The normalized spacial score (nSPS) is 27.4. The first-order valence-electron chi connectivity index (χ1n) is 5.65. The Kier molecular flexibility index (Phi) is 5.45. The Morgan fingerprint density at radius 2 is 2.29 bits per heavy atom. The molecule has 1 N–H and O–H groups in total. The predicted octanol–water partition coefficient (Wildman–Crippen LogP) is 0.953. The Morgan fingerprint density at radius 3 is 2.86 bits per heavy atom. The van der Waals surface area contributed by atoms with Crippen molar-refractivity contribution in [2.24, 2.45) is 5.92 Å². The number of hydrogen-bond donors (Lipinski definition) is 1. The van der Waals surface area contributed by atoms with Crippen molar-refractivity contribution in [1.82, 2.24) is 10.2 Å². The number of hydrogen-bond acceptors (Lipinski definition) is 3. The molecule has 1 fully saturated rings. The highest BCUT2D eigenvalue weighted by molar-refractivity contribution is 4.81. The van der Waals surface area contributed by atoms with Gasteiger partial charge < -0.3 is 15.0 Å². The van der Waals surface area contributed by atoms with Gasteiger partial charge in [-0.25, -0.2) is 0 Å². The highest BCUT2D eigenvalue weighted by atomic mass is 16.5. The molecule has 0 aromatic heterocycles. The second kappa shape index (κ2) is 6.38.